The van der Waals surface area contributed by atoms with Crippen LogP contribution >= 0.6 is 23.4 Å². The number of hydrogen-bond acceptors (Lipinski definition) is 4. The van der Waals surface area contributed by atoms with Crippen LogP contribution in [0.2, 0.25) is 5.02 Å². The second-order valence-corrected chi connectivity index (χ2v) is 11.7. The molecule has 2 aliphatic heterocycles. The minimum atomic E-state index is -0.274. The molecule has 1 atom stereocenters. The molecule has 1 unspecified atom stereocenters. The zero-order valence-corrected chi connectivity index (χ0v) is 22.3. The fraction of sp³-hybridized carbons (Fsp3) is 0.483. The minimum Gasteiger partial charge on any atom is -0.322 e. The fourth-order valence-electron chi connectivity index (χ4n) is 5.72. The molecule has 4 nitrogen and oxygen atoms in total. The van der Waals surface area contributed by atoms with Gasteiger partial charge in [0.1, 0.15) is 11.2 Å². The second kappa shape index (κ2) is 12.1. The third-order valence-corrected chi connectivity index (χ3v) is 9.18. The highest BCUT2D eigenvalue weighted by Crippen LogP contribution is 2.46. The van der Waals surface area contributed by atoms with E-state index in [9.17, 15) is 9.18 Å². The zero-order chi connectivity index (χ0) is 24.9. The van der Waals surface area contributed by atoms with E-state index in [0.717, 1.165) is 56.3 Å². The predicted molar refractivity (Wildman–Crippen MR) is 147 cm³/mol. The standard InChI is InChI=1S/C29H35ClFN3OS/c30-24-9-4-7-22(19-24)20-27-28(35)34(29(36-27)23-8-5-10-25(31)21-23)14-6-13-32-15-17-33(18-16-32)26-11-2-1-3-12-26/h4-5,7-10,19-21,26,29H,1-3,6,11-18H2/b27-20+. The molecule has 0 N–H and O–H groups in total. The van der Waals surface area contributed by atoms with E-state index in [0.29, 0.717) is 16.5 Å². The SMILES string of the molecule is O=C1/C(=C\c2cccc(Cl)c2)SC(c2cccc(F)c2)N1CCCN1CCN(C2CCCCC2)CC1. The molecule has 3 aliphatic rings. The van der Waals surface area contributed by atoms with Gasteiger partial charge in [0, 0.05) is 43.8 Å². The zero-order valence-electron chi connectivity index (χ0n) is 20.8. The molecule has 0 bridgehead atoms. The second-order valence-electron chi connectivity index (χ2n) is 10.1. The molecule has 2 heterocycles. The average Bonchev–Trinajstić information content (AvgIpc) is 3.20. The molecular formula is C29H35ClFN3OS. The van der Waals surface area contributed by atoms with Crippen molar-refractivity contribution in [2.45, 2.75) is 49.9 Å². The summed E-state index contributed by atoms with van der Waals surface area (Å²) in [5.74, 6) is -0.264. The van der Waals surface area contributed by atoms with Crippen LogP contribution in [-0.2, 0) is 4.79 Å². The number of rotatable bonds is 7. The molecular weight excluding hydrogens is 493 g/mol. The molecule has 2 aromatic rings. The summed E-state index contributed by atoms with van der Waals surface area (Å²) in [7, 11) is 0. The van der Waals surface area contributed by atoms with E-state index in [2.05, 4.69) is 9.80 Å². The Morgan fingerprint density at radius 2 is 1.75 bits per heavy atom. The summed E-state index contributed by atoms with van der Waals surface area (Å²) in [6.45, 7) is 6.15. The smallest absolute Gasteiger partial charge is 0.261 e. The number of halogens is 2. The summed E-state index contributed by atoms with van der Waals surface area (Å²) in [5.41, 5.74) is 1.72. The van der Waals surface area contributed by atoms with Gasteiger partial charge in [0.25, 0.3) is 5.91 Å². The predicted octanol–water partition coefficient (Wildman–Crippen LogP) is 6.43. The summed E-state index contributed by atoms with van der Waals surface area (Å²) in [5, 5.41) is 0.420. The van der Waals surface area contributed by atoms with Gasteiger partial charge in [-0.25, -0.2) is 4.39 Å². The van der Waals surface area contributed by atoms with Crippen molar-refractivity contribution in [1.82, 2.24) is 14.7 Å². The number of nitrogens with zero attached hydrogens (tertiary/aromatic N) is 3. The van der Waals surface area contributed by atoms with E-state index >= 15 is 0 Å². The monoisotopic (exact) mass is 527 g/mol. The van der Waals surface area contributed by atoms with Gasteiger partial charge < -0.3 is 9.80 Å². The van der Waals surface area contributed by atoms with Gasteiger partial charge in [0.05, 0.1) is 4.91 Å². The first-order chi connectivity index (χ1) is 17.6. The lowest BCUT2D eigenvalue weighted by atomic mass is 9.94. The van der Waals surface area contributed by atoms with E-state index in [-0.39, 0.29) is 17.1 Å². The number of piperazine rings is 1. The maximum Gasteiger partial charge on any atom is 0.261 e. The van der Waals surface area contributed by atoms with Crippen molar-refractivity contribution in [1.29, 1.82) is 0 Å². The topological polar surface area (TPSA) is 26.8 Å². The summed E-state index contributed by atoms with van der Waals surface area (Å²) < 4.78 is 14.0. The fourth-order valence-corrected chi connectivity index (χ4v) is 7.19. The van der Waals surface area contributed by atoms with Gasteiger partial charge in [-0.05, 0) is 67.3 Å². The Kier molecular flexibility index (Phi) is 8.68. The lowest BCUT2D eigenvalue weighted by Crippen LogP contribution is -2.51. The maximum atomic E-state index is 14.0. The molecule has 0 aromatic heterocycles. The van der Waals surface area contributed by atoms with Gasteiger partial charge in [-0.2, -0.15) is 0 Å². The Labute approximate surface area is 223 Å². The summed E-state index contributed by atoms with van der Waals surface area (Å²) in [6.07, 6.45) is 9.70. The van der Waals surface area contributed by atoms with Gasteiger partial charge in [-0.15, -0.1) is 0 Å². The molecule has 7 heteroatoms. The number of benzene rings is 2. The van der Waals surface area contributed by atoms with Crippen LogP contribution in [0.15, 0.2) is 53.4 Å². The van der Waals surface area contributed by atoms with E-state index in [1.54, 1.807) is 12.1 Å². The molecule has 0 spiro atoms. The molecule has 3 fully saturated rings. The minimum absolute atomic E-state index is 0.0105. The summed E-state index contributed by atoms with van der Waals surface area (Å²) in [4.78, 5) is 21.3. The summed E-state index contributed by atoms with van der Waals surface area (Å²) >= 11 is 7.65. The van der Waals surface area contributed by atoms with E-state index < -0.39 is 0 Å². The Morgan fingerprint density at radius 3 is 2.50 bits per heavy atom. The normalized spacial score (nSPS) is 23.6. The first kappa shape index (κ1) is 25.8. The van der Waals surface area contributed by atoms with Crippen molar-refractivity contribution >= 4 is 35.3 Å². The highest BCUT2D eigenvalue weighted by atomic mass is 35.5. The Bertz CT molecular complexity index is 1080. The molecule has 5 rings (SSSR count). The van der Waals surface area contributed by atoms with Crippen LogP contribution in [0.1, 0.15) is 55.0 Å². The van der Waals surface area contributed by atoms with Crippen LogP contribution in [-0.4, -0.2) is 65.9 Å². The quantitative estimate of drug-likeness (QED) is 0.387. The van der Waals surface area contributed by atoms with Crippen LogP contribution in [0.3, 0.4) is 0 Å². The molecule has 1 aliphatic carbocycles. The van der Waals surface area contributed by atoms with Gasteiger partial charge in [0.15, 0.2) is 0 Å². The lowest BCUT2D eigenvalue weighted by Gasteiger charge is -2.41. The van der Waals surface area contributed by atoms with Crippen LogP contribution in [0.25, 0.3) is 6.08 Å². The number of hydrogen-bond donors (Lipinski definition) is 0. The molecule has 1 saturated carbocycles. The molecule has 0 radical (unpaired) electrons. The van der Waals surface area contributed by atoms with Crippen LogP contribution in [0.5, 0.6) is 0 Å². The first-order valence-corrected chi connectivity index (χ1v) is 14.5. The number of thioether (sulfide) groups is 1. The van der Waals surface area contributed by atoms with Crippen molar-refractivity contribution in [2.24, 2.45) is 0 Å². The van der Waals surface area contributed by atoms with Crippen molar-refractivity contribution in [3.8, 4) is 0 Å². The van der Waals surface area contributed by atoms with Crippen molar-refractivity contribution < 1.29 is 9.18 Å². The lowest BCUT2D eigenvalue weighted by molar-refractivity contribution is -0.126. The van der Waals surface area contributed by atoms with Gasteiger partial charge in [-0.1, -0.05) is 66.9 Å². The van der Waals surface area contributed by atoms with Gasteiger partial charge in [-0.3, -0.25) is 9.69 Å². The van der Waals surface area contributed by atoms with Crippen molar-refractivity contribution in [2.75, 3.05) is 39.3 Å². The molecule has 36 heavy (non-hydrogen) atoms. The largest absolute Gasteiger partial charge is 0.322 e. The summed E-state index contributed by atoms with van der Waals surface area (Å²) in [6, 6.07) is 14.9. The highest BCUT2D eigenvalue weighted by Gasteiger charge is 2.37. The molecule has 2 aromatic carbocycles. The molecule has 2 saturated heterocycles. The molecule has 192 valence electrons. The van der Waals surface area contributed by atoms with Crippen LogP contribution in [0.4, 0.5) is 4.39 Å². The maximum absolute atomic E-state index is 14.0. The first-order valence-electron chi connectivity index (χ1n) is 13.2. The van der Waals surface area contributed by atoms with E-state index in [1.165, 1.54) is 49.9 Å². The van der Waals surface area contributed by atoms with Crippen molar-refractivity contribution in [3.05, 3.63) is 75.4 Å². The Morgan fingerprint density at radius 1 is 0.972 bits per heavy atom. The van der Waals surface area contributed by atoms with Gasteiger partial charge >= 0.3 is 0 Å². The number of carbonyl (C=O) groups excluding carboxylic acids is 1. The van der Waals surface area contributed by atoms with Crippen LogP contribution < -0.4 is 0 Å². The van der Waals surface area contributed by atoms with E-state index in [4.69, 9.17) is 11.6 Å². The number of amides is 1. The van der Waals surface area contributed by atoms with E-state index in [1.807, 2.05) is 41.3 Å². The third kappa shape index (κ3) is 6.34. The highest BCUT2D eigenvalue weighted by molar-refractivity contribution is 8.04. The van der Waals surface area contributed by atoms with Gasteiger partial charge in [0.2, 0.25) is 0 Å². The Balaban J connectivity index is 1.22. The number of carbonyl (C=O) groups is 1. The molecule has 1 amide bonds. The van der Waals surface area contributed by atoms with Crippen LogP contribution in [0, 0.1) is 5.82 Å². The average molecular weight is 528 g/mol. The third-order valence-electron chi connectivity index (χ3n) is 7.64. The van der Waals surface area contributed by atoms with Crippen molar-refractivity contribution in [3.63, 3.8) is 0 Å². The Hall–Kier alpha value is -1.86.